The summed E-state index contributed by atoms with van der Waals surface area (Å²) in [4.78, 5) is 37.4. The number of aromatic nitrogens is 1. The number of rotatable bonds is 9. The lowest BCUT2D eigenvalue weighted by Gasteiger charge is -2.15. The van der Waals surface area contributed by atoms with Crippen LogP contribution in [-0.2, 0) is 22.6 Å². The van der Waals surface area contributed by atoms with Gasteiger partial charge in [-0.3, -0.25) is 14.4 Å². The van der Waals surface area contributed by atoms with Crippen molar-refractivity contribution in [3.05, 3.63) is 88.6 Å². The minimum absolute atomic E-state index is 0.0141. The van der Waals surface area contributed by atoms with E-state index in [0.29, 0.717) is 35.5 Å². The molecule has 3 aromatic carbocycles. The van der Waals surface area contributed by atoms with E-state index in [4.69, 9.17) is 4.74 Å². The topological polar surface area (TPSA) is 89.4 Å². The molecule has 0 saturated heterocycles. The molecular formula is C28H27N3O4. The van der Waals surface area contributed by atoms with Crippen molar-refractivity contribution >= 4 is 33.6 Å². The maximum Gasteiger partial charge on any atom is 0.258 e. The van der Waals surface area contributed by atoms with E-state index in [2.05, 4.69) is 10.6 Å². The predicted octanol–water partition coefficient (Wildman–Crippen LogP) is 3.17. The van der Waals surface area contributed by atoms with E-state index in [1.54, 1.807) is 12.1 Å². The van der Waals surface area contributed by atoms with Gasteiger partial charge in [-0.15, -0.1) is 0 Å². The quantitative estimate of drug-likeness (QED) is 0.369. The SMILES string of the molecule is O=C(Cn1c2ccccc2c(=O)c2ccccc21)NCCc1ccc(OCC(=O)NC2CC2)cc1. The smallest absolute Gasteiger partial charge is 0.258 e. The Balaban J connectivity index is 1.18. The van der Waals surface area contributed by atoms with Crippen molar-refractivity contribution in [2.75, 3.05) is 13.2 Å². The molecule has 0 radical (unpaired) electrons. The zero-order chi connectivity index (χ0) is 24.2. The first-order valence-corrected chi connectivity index (χ1v) is 11.9. The lowest BCUT2D eigenvalue weighted by atomic mass is 10.1. The van der Waals surface area contributed by atoms with Gasteiger partial charge in [0.05, 0.1) is 11.0 Å². The lowest BCUT2D eigenvalue weighted by molar-refractivity contribution is -0.123. The molecule has 1 heterocycles. The summed E-state index contributed by atoms with van der Waals surface area (Å²) in [6.45, 7) is 0.621. The summed E-state index contributed by atoms with van der Waals surface area (Å²) in [6.07, 6.45) is 2.77. The van der Waals surface area contributed by atoms with Gasteiger partial charge in [0.1, 0.15) is 12.3 Å². The van der Waals surface area contributed by atoms with Crippen LogP contribution in [0.2, 0.25) is 0 Å². The third-order valence-corrected chi connectivity index (χ3v) is 6.15. The van der Waals surface area contributed by atoms with E-state index in [-0.39, 0.29) is 30.4 Å². The fourth-order valence-corrected chi connectivity index (χ4v) is 4.19. The van der Waals surface area contributed by atoms with Crippen molar-refractivity contribution in [3.63, 3.8) is 0 Å². The second-order valence-corrected chi connectivity index (χ2v) is 8.82. The minimum Gasteiger partial charge on any atom is -0.484 e. The van der Waals surface area contributed by atoms with E-state index in [1.165, 1.54) is 0 Å². The van der Waals surface area contributed by atoms with E-state index < -0.39 is 0 Å². The van der Waals surface area contributed by atoms with Crippen LogP contribution in [0.15, 0.2) is 77.6 Å². The Morgan fingerprint density at radius 2 is 1.49 bits per heavy atom. The summed E-state index contributed by atoms with van der Waals surface area (Å²) in [5, 5.41) is 7.08. The molecule has 0 bridgehead atoms. The molecular weight excluding hydrogens is 442 g/mol. The highest BCUT2D eigenvalue weighted by Gasteiger charge is 2.23. The zero-order valence-electron chi connectivity index (χ0n) is 19.3. The molecule has 0 unspecified atom stereocenters. The van der Waals surface area contributed by atoms with E-state index in [1.807, 2.05) is 65.2 Å². The van der Waals surface area contributed by atoms with Gasteiger partial charge >= 0.3 is 0 Å². The number of amides is 2. The van der Waals surface area contributed by atoms with Crippen LogP contribution >= 0.6 is 0 Å². The van der Waals surface area contributed by atoms with Crippen LogP contribution in [0.4, 0.5) is 0 Å². The molecule has 1 aromatic heterocycles. The van der Waals surface area contributed by atoms with Gasteiger partial charge in [0.15, 0.2) is 12.0 Å². The Kier molecular flexibility index (Phi) is 6.48. The van der Waals surface area contributed by atoms with E-state index in [9.17, 15) is 14.4 Å². The number of pyridine rings is 1. The third-order valence-electron chi connectivity index (χ3n) is 6.15. The largest absolute Gasteiger partial charge is 0.484 e. The Morgan fingerprint density at radius 3 is 2.11 bits per heavy atom. The van der Waals surface area contributed by atoms with E-state index >= 15 is 0 Å². The molecule has 0 aliphatic heterocycles. The van der Waals surface area contributed by atoms with Gasteiger partial charge < -0.3 is 19.9 Å². The van der Waals surface area contributed by atoms with Gasteiger partial charge in [-0.2, -0.15) is 0 Å². The normalized spacial score (nSPS) is 13.0. The molecule has 7 heteroatoms. The molecule has 2 amide bonds. The number of hydrogen-bond acceptors (Lipinski definition) is 4. The van der Waals surface area contributed by atoms with Crippen molar-refractivity contribution in [2.45, 2.75) is 31.8 Å². The zero-order valence-corrected chi connectivity index (χ0v) is 19.3. The van der Waals surface area contributed by atoms with Crippen molar-refractivity contribution < 1.29 is 14.3 Å². The molecule has 1 saturated carbocycles. The van der Waals surface area contributed by atoms with Gasteiger partial charge in [0, 0.05) is 23.4 Å². The molecule has 35 heavy (non-hydrogen) atoms. The molecule has 4 aromatic rings. The first-order chi connectivity index (χ1) is 17.1. The molecule has 7 nitrogen and oxygen atoms in total. The Hall–Kier alpha value is -4.13. The fourth-order valence-electron chi connectivity index (χ4n) is 4.19. The first-order valence-electron chi connectivity index (χ1n) is 11.9. The maximum atomic E-state index is 12.9. The summed E-state index contributed by atoms with van der Waals surface area (Å²) in [5.74, 6) is 0.425. The number of benzene rings is 3. The predicted molar refractivity (Wildman–Crippen MR) is 136 cm³/mol. The molecule has 1 fully saturated rings. The Labute approximate surface area is 202 Å². The Morgan fingerprint density at radius 1 is 0.857 bits per heavy atom. The number of carbonyl (C=O) groups excluding carboxylic acids is 2. The number of ether oxygens (including phenoxy) is 1. The highest BCUT2D eigenvalue weighted by molar-refractivity contribution is 5.94. The number of fused-ring (bicyclic) bond motifs is 2. The highest BCUT2D eigenvalue weighted by atomic mass is 16.5. The van der Waals surface area contributed by atoms with Crippen molar-refractivity contribution in [2.24, 2.45) is 0 Å². The Bertz CT molecular complexity index is 1380. The second kappa shape index (κ2) is 10.0. The van der Waals surface area contributed by atoms with Crippen LogP contribution in [0.1, 0.15) is 18.4 Å². The molecule has 2 N–H and O–H groups in total. The number of nitrogens with zero attached hydrogens (tertiary/aromatic N) is 1. The summed E-state index contributed by atoms with van der Waals surface area (Å²) in [7, 11) is 0. The van der Waals surface area contributed by atoms with Gasteiger partial charge in [-0.25, -0.2) is 0 Å². The summed E-state index contributed by atoms with van der Waals surface area (Å²) >= 11 is 0. The molecule has 0 spiro atoms. The van der Waals surface area contributed by atoms with Gasteiger partial charge in [-0.05, 0) is 61.2 Å². The van der Waals surface area contributed by atoms with Crippen LogP contribution in [0.3, 0.4) is 0 Å². The maximum absolute atomic E-state index is 12.9. The lowest BCUT2D eigenvalue weighted by Crippen LogP contribution is -2.30. The molecule has 1 aliphatic rings. The van der Waals surface area contributed by atoms with Gasteiger partial charge in [0.2, 0.25) is 5.91 Å². The number of hydrogen-bond donors (Lipinski definition) is 2. The summed E-state index contributed by atoms with van der Waals surface area (Å²) in [6, 6.07) is 22.6. The third kappa shape index (κ3) is 5.35. The second-order valence-electron chi connectivity index (χ2n) is 8.82. The van der Waals surface area contributed by atoms with Crippen LogP contribution in [-0.4, -0.2) is 35.6 Å². The molecule has 178 valence electrons. The van der Waals surface area contributed by atoms with Crippen molar-refractivity contribution in [1.82, 2.24) is 15.2 Å². The van der Waals surface area contributed by atoms with Gasteiger partial charge in [0.25, 0.3) is 5.91 Å². The summed E-state index contributed by atoms with van der Waals surface area (Å²) < 4.78 is 7.43. The number of nitrogens with one attached hydrogen (secondary N) is 2. The average Bonchev–Trinajstić information content (AvgIpc) is 3.70. The highest BCUT2D eigenvalue weighted by Crippen LogP contribution is 2.20. The summed E-state index contributed by atoms with van der Waals surface area (Å²) in [5.41, 5.74) is 2.52. The first kappa shape index (κ1) is 22.7. The monoisotopic (exact) mass is 469 g/mol. The molecule has 0 atom stereocenters. The van der Waals surface area contributed by atoms with Crippen LogP contribution in [0, 0.1) is 0 Å². The minimum atomic E-state index is -0.120. The van der Waals surface area contributed by atoms with Crippen molar-refractivity contribution in [3.8, 4) is 5.75 Å². The fraction of sp³-hybridized carbons (Fsp3) is 0.250. The van der Waals surface area contributed by atoms with Gasteiger partial charge in [-0.1, -0.05) is 36.4 Å². The average molecular weight is 470 g/mol. The van der Waals surface area contributed by atoms with Crippen LogP contribution < -0.4 is 20.8 Å². The van der Waals surface area contributed by atoms with E-state index in [0.717, 1.165) is 29.4 Å². The molecule has 1 aliphatic carbocycles. The van der Waals surface area contributed by atoms with Crippen molar-refractivity contribution in [1.29, 1.82) is 0 Å². The van der Waals surface area contributed by atoms with Crippen LogP contribution in [0.25, 0.3) is 21.8 Å². The molecule has 5 rings (SSSR count). The number of carbonyl (C=O) groups is 2. The number of para-hydroxylation sites is 2. The van der Waals surface area contributed by atoms with Crippen LogP contribution in [0.5, 0.6) is 5.75 Å². The standard InChI is InChI=1S/C28H27N3O4/c32-26(17-31-24-7-3-1-5-22(24)28(34)23-6-2-4-8-25(23)31)29-16-15-19-9-13-21(14-10-19)35-18-27(33)30-20-11-12-20/h1-10,13-14,20H,11-12,15-18H2,(H,29,32)(H,30,33).